The van der Waals surface area contributed by atoms with Crippen molar-refractivity contribution >= 4 is 23.2 Å². The Labute approximate surface area is 242 Å². The predicted molar refractivity (Wildman–Crippen MR) is 157 cm³/mol. The fourth-order valence-electron chi connectivity index (χ4n) is 4.52. The number of aliphatic hydroxyl groups is 1. The Hall–Kier alpha value is -5.06. The van der Waals surface area contributed by atoms with Crippen molar-refractivity contribution < 1.29 is 19.4 Å². The van der Waals surface area contributed by atoms with E-state index in [1.807, 2.05) is 13.8 Å². The lowest BCUT2D eigenvalue weighted by atomic mass is 9.81. The molecule has 3 N–H and O–H groups in total. The van der Waals surface area contributed by atoms with Crippen molar-refractivity contribution in [3.8, 4) is 5.75 Å². The second kappa shape index (κ2) is 14.0. The van der Waals surface area contributed by atoms with Crippen LogP contribution in [0.5, 0.6) is 5.75 Å². The van der Waals surface area contributed by atoms with Crippen molar-refractivity contribution in [2.45, 2.75) is 44.4 Å². The summed E-state index contributed by atoms with van der Waals surface area (Å²) in [6, 6.07) is 20.7. The zero-order chi connectivity index (χ0) is 30.0. The lowest BCUT2D eigenvalue weighted by Gasteiger charge is -2.32. The molecule has 3 aromatic rings. The number of hydrazine groups is 1. The molecule has 0 aromatic heterocycles. The maximum atomic E-state index is 14.2. The van der Waals surface area contributed by atoms with Crippen LogP contribution in [-0.4, -0.2) is 41.7 Å². The van der Waals surface area contributed by atoms with Crippen LogP contribution in [0.1, 0.15) is 43.1 Å². The van der Waals surface area contributed by atoms with E-state index in [0.717, 1.165) is 0 Å². The summed E-state index contributed by atoms with van der Waals surface area (Å²) in [5.74, 6) is 0.301. The zero-order valence-corrected chi connectivity index (χ0v) is 23.2. The van der Waals surface area contributed by atoms with Gasteiger partial charge in [0.1, 0.15) is 5.75 Å². The lowest BCUT2D eigenvalue weighted by molar-refractivity contribution is -0.130. The van der Waals surface area contributed by atoms with Crippen LogP contribution in [0.3, 0.4) is 0 Å². The van der Waals surface area contributed by atoms with Crippen molar-refractivity contribution in [2.75, 3.05) is 13.2 Å². The SMILES string of the molecule is CC(C)NNC(=O)[C@@]1(Cc2ccccc2N=[N+]=[N-])N=C(c2ccc(OCCCO)cc2)O[C@H]1c1ccccc1N=[N+]=[N-]. The summed E-state index contributed by atoms with van der Waals surface area (Å²) in [5, 5.41) is 16.7. The highest BCUT2D eigenvalue weighted by Crippen LogP contribution is 2.46. The van der Waals surface area contributed by atoms with Crippen LogP contribution in [-0.2, 0) is 16.0 Å². The number of aliphatic imine (C=N–C) groups is 1. The van der Waals surface area contributed by atoms with Crippen molar-refractivity contribution in [3.05, 3.63) is 110 Å². The molecule has 0 saturated carbocycles. The maximum absolute atomic E-state index is 14.2. The molecule has 0 aliphatic carbocycles. The summed E-state index contributed by atoms with van der Waals surface area (Å²) in [6.07, 6.45) is -0.527. The molecule has 1 heterocycles. The number of carbonyl (C=O) groups is 1. The number of azide groups is 2. The first-order chi connectivity index (χ1) is 20.4. The topological polar surface area (TPSA) is 190 Å². The first kappa shape index (κ1) is 29.9. The quantitative estimate of drug-likeness (QED) is 0.0762. The number of rotatable bonds is 13. The molecule has 13 heteroatoms. The summed E-state index contributed by atoms with van der Waals surface area (Å²) in [7, 11) is 0. The van der Waals surface area contributed by atoms with Gasteiger partial charge in [-0.25, -0.2) is 10.4 Å². The third kappa shape index (κ3) is 6.80. The van der Waals surface area contributed by atoms with Gasteiger partial charge in [0.25, 0.3) is 5.91 Å². The molecule has 0 fully saturated rings. The number of carbonyl (C=O) groups excluding carboxylic acids is 1. The fourth-order valence-corrected chi connectivity index (χ4v) is 4.52. The van der Waals surface area contributed by atoms with Gasteiger partial charge in [-0.2, -0.15) is 0 Å². The molecule has 0 unspecified atom stereocenters. The molecule has 2 atom stereocenters. The Morgan fingerprint density at radius 3 is 2.40 bits per heavy atom. The van der Waals surface area contributed by atoms with Gasteiger partial charge in [-0.1, -0.05) is 58.8 Å². The molecular weight excluding hydrogens is 538 g/mol. The molecule has 13 nitrogen and oxygen atoms in total. The van der Waals surface area contributed by atoms with E-state index in [-0.39, 0.29) is 30.7 Å². The van der Waals surface area contributed by atoms with Crippen molar-refractivity contribution in [3.63, 3.8) is 0 Å². The molecule has 3 aromatic carbocycles. The van der Waals surface area contributed by atoms with E-state index in [0.29, 0.717) is 41.2 Å². The molecule has 216 valence electrons. The first-order valence-electron chi connectivity index (χ1n) is 13.4. The highest BCUT2D eigenvalue weighted by Gasteiger charge is 2.54. The maximum Gasteiger partial charge on any atom is 0.266 e. The number of nitrogens with zero attached hydrogens (tertiary/aromatic N) is 7. The molecule has 0 radical (unpaired) electrons. The van der Waals surface area contributed by atoms with E-state index < -0.39 is 17.6 Å². The molecule has 42 heavy (non-hydrogen) atoms. The monoisotopic (exact) mass is 569 g/mol. The van der Waals surface area contributed by atoms with Gasteiger partial charge in [-0.05, 0) is 54.7 Å². The van der Waals surface area contributed by atoms with E-state index in [2.05, 4.69) is 30.9 Å². The van der Waals surface area contributed by atoms with E-state index >= 15 is 0 Å². The number of amides is 1. The molecule has 1 amide bonds. The van der Waals surface area contributed by atoms with Gasteiger partial charge in [-0.15, -0.1) is 0 Å². The van der Waals surface area contributed by atoms with Crippen molar-refractivity contribution in [1.29, 1.82) is 0 Å². The van der Waals surface area contributed by atoms with Crippen molar-refractivity contribution in [1.82, 2.24) is 10.9 Å². The third-order valence-corrected chi connectivity index (χ3v) is 6.48. The van der Waals surface area contributed by atoms with Crippen LogP contribution in [0.25, 0.3) is 20.9 Å². The lowest BCUT2D eigenvalue weighted by Crippen LogP contribution is -2.55. The van der Waals surface area contributed by atoms with Crippen molar-refractivity contribution in [2.24, 2.45) is 15.2 Å². The van der Waals surface area contributed by atoms with E-state index in [4.69, 9.17) is 19.6 Å². The highest BCUT2D eigenvalue weighted by molar-refractivity contribution is 6.01. The van der Waals surface area contributed by atoms with Crippen LogP contribution in [0.2, 0.25) is 0 Å². The highest BCUT2D eigenvalue weighted by atomic mass is 16.5. The predicted octanol–water partition coefficient (Wildman–Crippen LogP) is 5.86. The molecule has 0 spiro atoms. The van der Waals surface area contributed by atoms with Crippen LogP contribution in [0, 0.1) is 0 Å². The van der Waals surface area contributed by atoms with Gasteiger partial charge < -0.3 is 14.6 Å². The largest absolute Gasteiger partial charge is 0.494 e. The summed E-state index contributed by atoms with van der Waals surface area (Å²) in [5.41, 5.74) is 24.8. The minimum absolute atomic E-state index is 0.00503. The van der Waals surface area contributed by atoms with Crippen LogP contribution >= 0.6 is 0 Å². The third-order valence-electron chi connectivity index (χ3n) is 6.48. The van der Waals surface area contributed by atoms with Gasteiger partial charge in [0.05, 0.1) is 6.61 Å². The summed E-state index contributed by atoms with van der Waals surface area (Å²) < 4.78 is 12.1. The molecule has 1 aliphatic heterocycles. The number of hydrogen-bond acceptors (Lipinski definition) is 8. The Balaban J connectivity index is 1.88. The minimum Gasteiger partial charge on any atom is -0.494 e. The Bertz CT molecular complexity index is 1530. The Kier molecular flexibility index (Phi) is 9.99. The fraction of sp³-hybridized carbons (Fsp3) is 0.310. The number of ether oxygens (including phenoxy) is 2. The molecule has 4 rings (SSSR count). The van der Waals surface area contributed by atoms with Gasteiger partial charge in [0.2, 0.25) is 5.90 Å². The average Bonchev–Trinajstić information content (AvgIpc) is 3.38. The number of hydrogen-bond donors (Lipinski definition) is 3. The Morgan fingerprint density at radius 1 is 1.05 bits per heavy atom. The van der Waals surface area contributed by atoms with Crippen LogP contribution < -0.4 is 15.6 Å². The number of benzene rings is 3. The molecule has 1 aliphatic rings. The van der Waals surface area contributed by atoms with Crippen LogP contribution in [0.15, 0.2) is 88.0 Å². The van der Waals surface area contributed by atoms with E-state index in [9.17, 15) is 15.9 Å². The number of aliphatic hydroxyl groups excluding tert-OH is 1. The van der Waals surface area contributed by atoms with E-state index in [1.165, 1.54) is 0 Å². The summed E-state index contributed by atoms with van der Waals surface area (Å²) >= 11 is 0. The zero-order valence-electron chi connectivity index (χ0n) is 23.2. The van der Waals surface area contributed by atoms with Crippen LogP contribution in [0.4, 0.5) is 11.4 Å². The van der Waals surface area contributed by atoms with Gasteiger partial charge >= 0.3 is 0 Å². The molecular formula is C29H31N9O4. The van der Waals surface area contributed by atoms with E-state index in [1.54, 1.807) is 72.8 Å². The summed E-state index contributed by atoms with van der Waals surface area (Å²) in [4.78, 5) is 25.0. The standard InChI is InChI=1S/C29H31N9O4/c1-19(2)33-36-28(40)29(18-21-8-3-5-10-24(21)34-37-30)26(23-9-4-6-11-25(23)35-38-31)42-27(32-29)20-12-14-22(15-13-20)41-17-7-16-39/h3-6,8-15,19,26,33,39H,7,16-18H2,1-2H3,(H,36,40)/t26-,29-/m0/s1. The molecule has 0 bridgehead atoms. The van der Waals surface area contributed by atoms with Gasteiger partial charge in [-0.3, -0.25) is 10.2 Å². The Morgan fingerprint density at radius 2 is 1.71 bits per heavy atom. The average molecular weight is 570 g/mol. The first-order valence-corrected chi connectivity index (χ1v) is 13.4. The second-order valence-corrected chi connectivity index (χ2v) is 9.79. The molecule has 0 saturated heterocycles. The number of nitrogens with one attached hydrogen (secondary N) is 2. The smallest absolute Gasteiger partial charge is 0.266 e. The normalized spacial score (nSPS) is 17.4. The van der Waals surface area contributed by atoms with Gasteiger partial charge in [0.15, 0.2) is 11.6 Å². The summed E-state index contributed by atoms with van der Waals surface area (Å²) in [6.45, 7) is 4.15. The van der Waals surface area contributed by atoms with Gasteiger partial charge in [0, 0.05) is 57.8 Å². The second-order valence-electron chi connectivity index (χ2n) is 9.79. The minimum atomic E-state index is -1.62.